The normalized spacial score (nSPS) is 11.6. The number of para-hydroxylation sites is 1. The monoisotopic (exact) mass is 423 g/mol. The molecular formula is C20H15F2N7S. The third-order valence-electron chi connectivity index (χ3n) is 4.71. The molecule has 0 bridgehead atoms. The van der Waals surface area contributed by atoms with Crippen molar-refractivity contribution < 1.29 is 8.78 Å². The van der Waals surface area contributed by atoms with E-state index in [4.69, 9.17) is 4.98 Å². The Kier molecular flexibility index (Phi) is 4.35. The van der Waals surface area contributed by atoms with Crippen molar-refractivity contribution in [1.29, 1.82) is 0 Å². The van der Waals surface area contributed by atoms with Crippen LogP contribution < -0.4 is 0 Å². The van der Waals surface area contributed by atoms with Crippen LogP contribution >= 0.6 is 11.3 Å². The van der Waals surface area contributed by atoms with Gasteiger partial charge in [0, 0.05) is 18.8 Å². The summed E-state index contributed by atoms with van der Waals surface area (Å²) in [6.07, 6.45) is -1.11. The van der Waals surface area contributed by atoms with Gasteiger partial charge in [0.2, 0.25) is 0 Å². The Morgan fingerprint density at radius 3 is 2.50 bits per heavy atom. The fraction of sp³-hybridized carbons (Fsp3) is 0.150. The minimum atomic E-state index is -2.77. The van der Waals surface area contributed by atoms with Crippen molar-refractivity contribution in [2.45, 2.75) is 13.3 Å². The molecule has 1 aromatic carbocycles. The minimum absolute atomic E-state index is 0.274. The summed E-state index contributed by atoms with van der Waals surface area (Å²) in [7, 11) is 1.80. The van der Waals surface area contributed by atoms with Gasteiger partial charge in [-0.25, -0.2) is 18.4 Å². The summed E-state index contributed by atoms with van der Waals surface area (Å²) in [6.45, 7) is 1.82. The van der Waals surface area contributed by atoms with E-state index in [9.17, 15) is 8.78 Å². The zero-order chi connectivity index (χ0) is 20.8. The predicted octanol–water partition coefficient (Wildman–Crippen LogP) is 4.59. The standard InChI is InChI=1S/C20H15F2N7S/c1-11-25-26-20(30-11)13-10-14(15-8-9-23-28(15)2)24-19-16(13)17(18(21)22)27-29(19)12-6-4-3-5-7-12/h3-10,18H,1-2H3. The lowest BCUT2D eigenvalue weighted by Gasteiger charge is -2.08. The lowest BCUT2D eigenvalue weighted by atomic mass is 10.1. The van der Waals surface area contributed by atoms with E-state index < -0.39 is 6.43 Å². The van der Waals surface area contributed by atoms with Crippen molar-refractivity contribution in [3.8, 4) is 27.6 Å². The van der Waals surface area contributed by atoms with E-state index in [2.05, 4.69) is 20.4 Å². The van der Waals surface area contributed by atoms with E-state index in [-0.39, 0.29) is 11.1 Å². The number of alkyl halides is 2. The van der Waals surface area contributed by atoms with Crippen LogP contribution in [0.4, 0.5) is 8.78 Å². The van der Waals surface area contributed by atoms with Crippen LogP contribution in [0.15, 0.2) is 48.7 Å². The molecule has 0 atom stereocenters. The maximum absolute atomic E-state index is 14.0. The van der Waals surface area contributed by atoms with Crippen LogP contribution in [0.3, 0.4) is 0 Å². The Hall–Kier alpha value is -3.53. The van der Waals surface area contributed by atoms with E-state index in [1.807, 2.05) is 31.2 Å². The average molecular weight is 423 g/mol. The molecule has 30 heavy (non-hydrogen) atoms. The van der Waals surface area contributed by atoms with Gasteiger partial charge in [-0.1, -0.05) is 29.5 Å². The molecular weight excluding hydrogens is 408 g/mol. The Morgan fingerprint density at radius 2 is 1.87 bits per heavy atom. The van der Waals surface area contributed by atoms with Crippen molar-refractivity contribution in [3.05, 3.63) is 59.4 Å². The van der Waals surface area contributed by atoms with Crippen LogP contribution in [0.5, 0.6) is 0 Å². The number of hydrogen-bond acceptors (Lipinski definition) is 6. The first-order valence-corrected chi connectivity index (χ1v) is 9.90. The van der Waals surface area contributed by atoms with Crippen molar-refractivity contribution >= 4 is 22.4 Å². The van der Waals surface area contributed by atoms with Crippen LogP contribution in [0.2, 0.25) is 0 Å². The fourth-order valence-corrected chi connectivity index (χ4v) is 4.09. The second-order valence-electron chi connectivity index (χ2n) is 6.65. The van der Waals surface area contributed by atoms with Gasteiger partial charge in [-0.2, -0.15) is 10.2 Å². The molecule has 5 aromatic rings. The molecule has 0 N–H and O–H groups in total. The molecule has 150 valence electrons. The van der Waals surface area contributed by atoms with Gasteiger partial charge in [0.1, 0.15) is 15.7 Å². The second kappa shape index (κ2) is 7.06. The van der Waals surface area contributed by atoms with E-state index in [0.29, 0.717) is 27.6 Å². The number of aryl methyl sites for hydroxylation is 2. The molecule has 4 heterocycles. The molecule has 0 saturated carbocycles. The zero-order valence-corrected chi connectivity index (χ0v) is 16.8. The van der Waals surface area contributed by atoms with Crippen molar-refractivity contribution in [2.75, 3.05) is 0 Å². The van der Waals surface area contributed by atoms with Crippen LogP contribution in [0.1, 0.15) is 17.1 Å². The van der Waals surface area contributed by atoms with Gasteiger partial charge < -0.3 is 0 Å². The smallest absolute Gasteiger partial charge is 0.266 e. The summed E-state index contributed by atoms with van der Waals surface area (Å²) in [4.78, 5) is 4.71. The molecule has 0 unspecified atom stereocenters. The Labute approximate surface area is 173 Å². The highest BCUT2D eigenvalue weighted by atomic mass is 32.1. The number of aromatic nitrogens is 7. The number of rotatable bonds is 4. The summed E-state index contributed by atoms with van der Waals surface area (Å²) < 4.78 is 31.2. The van der Waals surface area contributed by atoms with Crippen LogP contribution in [-0.2, 0) is 7.05 Å². The zero-order valence-electron chi connectivity index (χ0n) is 16.0. The molecule has 0 aliphatic carbocycles. The molecule has 0 aliphatic rings. The topological polar surface area (TPSA) is 74.3 Å². The van der Waals surface area contributed by atoms with Gasteiger partial charge in [-0.15, -0.1) is 10.2 Å². The molecule has 0 amide bonds. The first-order valence-electron chi connectivity index (χ1n) is 9.09. The summed E-state index contributed by atoms with van der Waals surface area (Å²) >= 11 is 1.34. The molecule has 7 nitrogen and oxygen atoms in total. The lowest BCUT2D eigenvalue weighted by Crippen LogP contribution is -2.00. The average Bonchev–Trinajstić information content (AvgIpc) is 3.46. The van der Waals surface area contributed by atoms with E-state index in [1.54, 1.807) is 36.1 Å². The first kappa shape index (κ1) is 18.5. The maximum Gasteiger partial charge on any atom is 0.282 e. The third kappa shape index (κ3) is 2.96. The summed E-state index contributed by atoms with van der Waals surface area (Å²) in [5.41, 5.74) is 2.50. The van der Waals surface area contributed by atoms with Crippen molar-refractivity contribution in [1.82, 2.24) is 34.7 Å². The number of benzene rings is 1. The van der Waals surface area contributed by atoms with Crippen LogP contribution in [-0.4, -0.2) is 34.7 Å². The molecule has 4 aromatic heterocycles. The second-order valence-corrected chi connectivity index (χ2v) is 7.83. The Balaban J connectivity index is 1.91. The number of nitrogens with zero attached hydrogens (tertiary/aromatic N) is 7. The third-order valence-corrected chi connectivity index (χ3v) is 5.58. The highest BCUT2D eigenvalue weighted by Gasteiger charge is 2.26. The van der Waals surface area contributed by atoms with Crippen LogP contribution in [0, 0.1) is 6.92 Å². The van der Waals surface area contributed by atoms with Gasteiger partial charge in [0.25, 0.3) is 6.43 Å². The quantitative estimate of drug-likeness (QED) is 0.423. The first-order chi connectivity index (χ1) is 14.5. The molecule has 5 rings (SSSR count). The lowest BCUT2D eigenvalue weighted by molar-refractivity contribution is 0.147. The molecule has 0 fully saturated rings. The Morgan fingerprint density at radius 1 is 1.07 bits per heavy atom. The van der Waals surface area contributed by atoms with Gasteiger partial charge in [-0.3, -0.25) is 4.68 Å². The number of hydrogen-bond donors (Lipinski definition) is 0. The van der Waals surface area contributed by atoms with Gasteiger partial charge in [0.15, 0.2) is 5.65 Å². The summed E-state index contributed by atoms with van der Waals surface area (Å²) in [5.74, 6) is 0. The van der Waals surface area contributed by atoms with Gasteiger partial charge in [-0.05, 0) is 31.2 Å². The van der Waals surface area contributed by atoms with E-state index in [1.165, 1.54) is 16.0 Å². The molecule has 0 aliphatic heterocycles. The number of pyridine rings is 1. The highest BCUT2D eigenvalue weighted by molar-refractivity contribution is 7.14. The number of fused-ring (bicyclic) bond motifs is 1. The SMILES string of the molecule is Cc1nnc(-c2cc(-c3ccnn3C)nc3c2c(C(F)F)nn3-c2ccccc2)s1. The van der Waals surface area contributed by atoms with Gasteiger partial charge in [0.05, 0.1) is 22.5 Å². The molecule has 0 radical (unpaired) electrons. The van der Waals surface area contributed by atoms with Gasteiger partial charge >= 0.3 is 0 Å². The predicted molar refractivity (Wildman–Crippen MR) is 110 cm³/mol. The fourth-order valence-electron chi connectivity index (χ4n) is 3.37. The largest absolute Gasteiger partial charge is 0.282 e. The molecule has 10 heteroatoms. The molecule has 0 saturated heterocycles. The maximum atomic E-state index is 14.0. The summed E-state index contributed by atoms with van der Waals surface area (Å²) in [5, 5.41) is 18.3. The van der Waals surface area contributed by atoms with Crippen molar-refractivity contribution in [3.63, 3.8) is 0 Å². The molecule has 0 spiro atoms. The Bertz CT molecular complexity index is 1350. The van der Waals surface area contributed by atoms with E-state index >= 15 is 0 Å². The van der Waals surface area contributed by atoms with Crippen molar-refractivity contribution in [2.24, 2.45) is 7.05 Å². The summed E-state index contributed by atoms with van der Waals surface area (Å²) in [6, 6.07) is 12.7. The highest BCUT2D eigenvalue weighted by Crippen LogP contribution is 2.38. The minimum Gasteiger partial charge on any atom is -0.266 e. The van der Waals surface area contributed by atoms with Crippen LogP contribution in [0.25, 0.3) is 38.7 Å². The van der Waals surface area contributed by atoms with E-state index in [0.717, 1.165) is 10.7 Å². The number of halogens is 2.